The molecule has 20 unspecified atom stereocenters. The second-order valence-electron chi connectivity index (χ2n) is 31.1. The summed E-state index contributed by atoms with van der Waals surface area (Å²) in [6.45, 7) is 22.1. The van der Waals surface area contributed by atoms with Crippen molar-refractivity contribution in [2.24, 2.45) is 105 Å². The van der Waals surface area contributed by atoms with E-state index in [0.717, 1.165) is 38.2 Å². The molecule has 554 valence electrons. The Kier molecular flexibility index (Phi) is 25.4. The maximum absolute atomic E-state index is 12.2. The largest absolute Gasteiger partial charge is 0.466 e. The fourth-order valence-electron chi connectivity index (χ4n) is 16.2. The number of esters is 12. The van der Waals surface area contributed by atoms with Crippen molar-refractivity contribution >= 4 is 77.5 Å². The number of hydrogen-bond donors (Lipinski definition) is 1. The minimum Gasteiger partial charge on any atom is -0.466 e. The number of fused-ring (bicyclic) bond motifs is 12. The molecule has 8 aliphatic carbocycles. The van der Waals surface area contributed by atoms with E-state index in [9.17, 15) is 62.3 Å². The van der Waals surface area contributed by atoms with Gasteiger partial charge in [-0.2, -0.15) is 0 Å². The van der Waals surface area contributed by atoms with Crippen molar-refractivity contribution in [1.82, 2.24) is 5.32 Å². The first-order chi connectivity index (χ1) is 46.6. The van der Waals surface area contributed by atoms with Crippen molar-refractivity contribution in [3.8, 4) is 0 Å². The Labute approximate surface area is 579 Å². The number of nitrogens with one attached hydrogen (secondary N) is 1. The van der Waals surface area contributed by atoms with Crippen LogP contribution < -0.4 is 5.32 Å². The van der Waals surface area contributed by atoms with Crippen molar-refractivity contribution < 1.29 is 124 Å². The van der Waals surface area contributed by atoms with Gasteiger partial charge in [0.2, 0.25) is 5.91 Å². The average molecular weight is 1400 g/mol. The van der Waals surface area contributed by atoms with Crippen LogP contribution in [0.15, 0.2) is 0 Å². The van der Waals surface area contributed by atoms with Crippen LogP contribution in [0.5, 0.6) is 0 Å². The van der Waals surface area contributed by atoms with Crippen LogP contribution in [-0.2, 0) is 124 Å². The number of methoxy groups -OCH3 is 2. The predicted molar refractivity (Wildman–Crippen MR) is 342 cm³/mol. The third kappa shape index (κ3) is 17.5. The third-order valence-corrected chi connectivity index (χ3v) is 23.7. The Morgan fingerprint density at radius 3 is 1.40 bits per heavy atom. The highest BCUT2D eigenvalue weighted by molar-refractivity contribution is 5.86. The second-order valence-corrected chi connectivity index (χ2v) is 31.1. The van der Waals surface area contributed by atoms with Gasteiger partial charge in [-0.1, -0.05) is 41.5 Å². The molecule has 1 N–H and O–H groups in total. The van der Waals surface area contributed by atoms with Crippen molar-refractivity contribution in [3.05, 3.63) is 0 Å². The van der Waals surface area contributed by atoms with Crippen LogP contribution in [0.1, 0.15) is 173 Å². The van der Waals surface area contributed by atoms with Crippen LogP contribution in [-0.4, -0.2) is 175 Å². The molecular weight excluding hydrogens is 1290 g/mol. The Morgan fingerprint density at radius 1 is 0.424 bits per heavy atom. The van der Waals surface area contributed by atoms with Gasteiger partial charge in [-0.15, -0.1) is 0 Å². The van der Waals surface area contributed by atoms with Gasteiger partial charge >= 0.3 is 71.6 Å². The quantitative estimate of drug-likeness (QED) is 0.0613. The lowest BCUT2D eigenvalue weighted by molar-refractivity contribution is -0.176. The van der Waals surface area contributed by atoms with E-state index in [4.69, 9.17) is 56.8 Å². The summed E-state index contributed by atoms with van der Waals surface area (Å²) >= 11 is 0. The van der Waals surface area contributed by atoms with E-state index in [2.05, 4.69) is 10.1 Å². The molecule has 0 aromatic heterocycles. The standard InChI is InChI=1S/C20H28O8.C18H26O7.C16H23NO5.C9H16O4.C9H12O2/c1-4-20(2,3)19(24)26-8-7-25-14(21)5-6-15(22)27-16-11-9-12-13(10-11)18(23)28-17(12)16;1-5-18(2,3)17(21)24-8-12(19)25-15-9-6-10(14(15)22-4)13-11(9)7-23-16(13)20;1-4-16(2,3)15(20)17-7-11(18)21-12-8-5-9-10(6-8)14(19)22-13(9)12;1-5-9(2,3)8(11)13-6-7(10)12-4;10-9-8-6-2-1-5(3-6)7(8)4-11-9/h11-13,16-17H,4-10H2,1-3H3;9-11,13-15H,5-8H2,1-4H3;8-10,12-13H,4-7H2,1-3H3,(H,17,20);5-6H2,1-4H3;5-8H,1-4H2. The maximum atomic E-state index is 12.2. The van der Waals surface area contributed by atoms with Crippen molar-refractivity contribution in [2.45, 2.75) is 210 Å². The van der Waals surface area contributed by atoms with Gasteiger partial charge in [-0.05, 0) is 130 Å². The normalized spacial score (nSPS) is 32.8. The van der Waals surface area contributed by atoms with Crippen molar-refractivity contribution in [1.29, 1.82) is 0 Å². The summed E-state index contributed by atoms with van der Waals surface area (Å²) in [6.07, 6.45) is 8.33. The maximum Gasteiger partial charge on any atom is 0.344 e. The van der Waals surface area contributed by atoms with Crippen LogP contribution in [0.4, 0.5) is 0 Å². The summed E-state index contributed by atoms with van der Waals surface area (Å²) in [6, 6.07) is 0. The number of rotatable bonds is 24. The van der Waals surface area contributed by atoms with Crippen LogP contribution in [0, 0.1) is 105 Å². The first kappa shape index (κ1) is 77.8. The van der Waals surface area contributed by atoms with Gasteiger partial charge in [0.05, 0.1) is 79.2 Å². The van der Waals surface area contributed by atoms with Gasteiger partial charge in [0.1, 0.15) is 50.3 Å². The Balaban J connectivity index is 0.000000163. The lowest BCUT2D eigenvalue weighted by atomic mass is 9.78. The summed E-state index contributed by atoms with van der Waals surface area (Å²) in [5.74, 6) is -1.10. The van der Waals surface area contributed by atoms with Gasteiger partial charge in [0, 0.05) is 59.9 Å². The van der Waals surface area contributed by atoms with Crippen molar-refractivity contribution in [2.75, 3.05) is 60.4 Å². The average Bonchev–Trinajstić information content (AvgIpc) is 1.59. The lowest BCUT2D eigenvalue weighted by Gasteiger charge is -2.34. The third-order valence-electron chi connectivity index (χ3n) is 23.7. The highest BCUT2D eigenvalue weighted by Gasteiger charge is 2.67. The van der Waals surface area contributed by atoms with E-state index in [1.54, 1.807) is 48.7 Å². The molecule has 12 fully saturated rings. The summed E-state index contributed by atoms with van der Waals surface area (Å²) in [5.41, 5.74) is -2.23. The molecule has 8 bridgehead atoms. The number of carbonyl (C=O) groups excluding carboxylic acids is 13. The van der Waals surface area contributed by atoms with E-state index in [0.29, 0.717) is 56.5 Å². The number of hydrogen-bond acceptors (Lipinski definition) is 26. The molecule has 4 aliphatic heterocycles. The van der Waals surface area contributed by atoms with Gasteiger partial charge < -0.3 is 66.9 Å². The van der Waals surface area contributed by atoms with E-state index in [-0.39, 0.29) is 165 Å². The summed E-state index contributed by atoms with van der Waals surface area (Å²) in [7, 11) is 2.81. The summed E-state index contributed by atoms with van der Waals surface area (Å²) in [5, 5.41) is 2.62. The number of amides is 1. The molecule has 12 aliphatic rings. The molecule has 4 heterocycles. The van der Waals surface area contributed by atoms with E-state index in [1.165, 1.54) is 26.4 Å². The SMILES string of the molecule is CCC(C)(C)C(=O)NCC(=O)OC1C2CC3C(=O)OC1C3C2.CCC(C)(C)C(=O)OCC(=O)OC.CCC(C)(C)C(=O)OCC(=O)OC1C2CC(C1OC)C1C(=O)OCC21.CCC(C)(C)C(=O)OCCOC(=O)CCC(=O)OC1C2CC3C(=O)OC1C3C2.O=C1OCC2C3CCC(C3)C12. The summed E-state index contributed by atoms with van der Waals surface area (Å²) in [4.78, 5) is 152. The second kappa shape index (κ2) is 32.4. The van der Waals surface area contributed by atoms with E-state index < -0.39 is 76.3 Å². The molecule has 1 amide bonds. The first-order valence-electron chi connectivity index (χ1n) is 35.5. The van der Waals surface area contributed by atoms with E-state index in [1.807, 2.05) is 41.5 Å². The molecule has 8 saturated carbocycles. The highest BCUT2D eigenvalue weighted by atomic mass is 16.6. The number of carbonyl (C=O) groups is 13. The van der Waals surface area contributed by atoms with Crippen LogP contribution in [0.25, 0.3) is 0 Å². The molecule has 0 spiro atoms. The monoisotopic (exact) mass is 1400 g/mol. The highest BCUT2D eigenvalue weighted by Crippen LogP contribution is 2.59. The molecular formula is C72H105NO26. The van der Waals surface area contributed by atoms with E-state index >= 15 is 0 Å². The van der Waals surface area contributed by atoms with Gasteiger partial charge in [-0.25, -0.2) is 9.59 Å². The predicted octanol–water partition coefficient (Wildman–Crippen LogP) is 6.49. The minimum absolute atomic E-state index is 0.00927. The molecule has 0 aromatic rings. The zero-order chi connectivity index (χ0) is 72.8. The molecule has 0 aromatic carbocycles. The Hall–Kier alpha value is -6.93. The fourth-order valence-corrected chi connectivity index (χ4v) is 16.2. The molecule has 12 rings (SSSR count). The fraction of sp³-hybridized carbons (Fsp3) is 0.819. The minimum atomic E-state index is -0.628. The first-order valence-corrected chi connectivity index (χ1v) is 35.5. The van der Waals surface area contributed by atoms with Crippen LogP contribution in [0.2, 0.25) is 0 Å². The van der Waals surface area contributed by atoms with Gasteiger partial charge in [-0.3, -0.25) is 52.7 Å². The van der Waals surface area contributed by atoms with Gasteiger partial charge in [0.15, 0.2) is 13.2 Å². The number of ether oxygens (including phenoxy) is 13. The molecule has 27 nitrogen and oxygen atoms in total. The van der Waals surface area contributed by atoms with Crippen molar-refractivity contribution in [3.63, 3.8) is 0 Å². The topological polar surface area (TPSA) is 354 Å². The molecule has 20 atom stereocenters. The molecule has 99 heavy (non-hydrogen) atoms. The van der Waals surface area contributed by atoms with Crippen LogP contribution in [0.3, 0.4) is 0 Å². The zero-order valence-corrected chi connectivity index (χ0v) is 60.0. The number of cyclic esters (lactones) is 2. The van der Waals surface area contributed by atoms with Gasteiger partial charge in [0.25, 0.3) is 0 Å². The zero-order valence-electron chi connectivity index (χ0n) is 60.0. The Morgan fingerprint density at radius 2 is 0.889 bits per heavy atom. The lowest BCUT2D eigenvalue weighted by Crippen LogP contribution is -2.46. The smallest absolute Gasteiger partial charge is 0.344 e. The molecule has 27 heteroatoms. The molecule has 4 saturated heterocycles. The van der Waals surface area contributed by atoms with Crippen LogP contribution >= 0.6 is 0 Å². The molecule has 0 radical (unpaired) electrons. The Bertz CT molecular complexity index is 3020. The summed E-state index contributed by atoms with van der Waals surface area (Å²) < 4.78 is 67.2.